The Morgan fingerprint density at radius 3 is 2.70 bits per heavy atom. The summed E-state index contributed by atoms with van der Waals surface area (Å²) in [6.07, 6.45) is 0.380. The number of aromatic nitrogens is 2. The maximum atomic E-state index is 13.7. The highest BCUT2D eigenvalue weighted by molar-refractivity contribution is 5.95. The van der Waals surface area contributed by atoms with Crippen LogP contribution in [0.3, 0.4) is 0 Å². The minimum Gasteiger partial charge on any atom is -0.453 e. The van der Waals surface area contributed by atoms with E-state index in [9.17, 15) is 23.2 Å². The van der Waals surface area contributed by atoms with Crippen molar-refractivity contribution in [1.29, 1.82) is 0 Å². The summed E-state index contributed by atoms with van der Waals surface area (Å²) in [6.45, 7) is 3.89. The van der Waals surface area contributed by atoms with Crippen LogP contribution < -0.4 is 10.9 Å². The van der Waals surface area contributed by atoms with Crippen LogP contribution in [0.2, 0.25) is 0 Å². The van der Waals surface area contributed by atoms with Crippen molar-refractivity contribution < 1.29 is 23.1 Å². The molecule has 0 saturated heterocycles. The maximum absolute atomic E-state index is 13.7. The van der Waals surface area contributed by atoms with Crippen LogP contribution in [0.5, 0.6) is 0 Å². The fourth-order valence-electron chi connectivity index (χ4n) is 3.30. The Kier molecular flexibility index (Phi) is 7.87. The van der Waals surface area contributed by atoms with Crippen molar-refractivity contribution in [2.24, 2.45) is 0 Å². The third kappa shape index (κ3) is 6.00. The average molecular weight is 457 g/mol. The first kappa shape index (κ1) is 24.0. The molecule has 3 rings (SSSR count). The summed E-state index contributed by atoms with van der Waals surface area (Å²) in [4.78, 5) is 41.8. The predicted molar refractivity (Wildman–Crippen MR) is 120 cm³/mol. The van der Waals surface area contributed by atoms with E-state index in [4.69, 9.17) is 4.74 Å². The number of hydrogen-bond donors (Lipinski definition) is 1. The molecule has 174 valence electrons. The number of nitrogens with one attached hydrogen (secondary N) is 1. The van der Waals surface area contributed by atoms with Gasteiger partial charge in [0.1, 0.15) is 17.3 Å². The molecule has 0 aliphatic carbocycles. The summed E-state index contributed by atoms with van der Waals surface area (Å²) in [6, 6.07) is 9.93. The zero-order valence-electron chi connectivity index (χ0n) is 18.4. The lowest BCUT2D eigenvalue weighted by Crippen LogP contribution is -2.31. The van der Waals surface area contributed by atoms with Gasteiger partial charge in [0.25, 0.3) is 11.5 Å². The van der Waals surface area contributed by atoms with E-state index < -0.39 is 29.6 Å². The van der Waals surface area contributed by atoms with E-state index in [1.54, 1.807) is 10.6 Å². The molecule has 9 heteroatoms. The van der Waals surface area contributed by atoms with Gasteiger partial charge in [0.15, 0.2) is 6.10 Å². The number of ether oxygens (including phenoxy) is 1. The summed E-state index contributed by atoms with van der Waals surface area (Å²) in [7, 11) is 0. The molecule has 0 aliphatic heterocycles. The Morgan fingerprint density at radius 1 is 1.18 bits per heavy atom. The lowest BCUT2D eigenvalue weighted by molar-refractivity contribution is -0.153. The number of anilines is 1. The molecular weight excluding hydrogens is 432 g/mol. The average Bonchev–Trinajstić information content (AvgIpc) is 2.79. The monoisotopic (exact) mass is 457 g/mol. The number of para-hydroxylation sites is 2. The van der Waals surface area contributed by atoms with Gasteiger partial charge in [0.2, 0.25) is 0 Å². The van der Waals surface area contributed by atoms with Gasteiger partial charge in [0.05, 0.1) is 23.1 Å². The number of benzene rings is 2. The van der Waals surface area contributed by atoms with Crippen LogP contribution in [-0.4, -0.2) is 27.5 Å². The second-order valence-electron chi connectivity index (χ2n) is 7.60. The number of hydrogen-bond acceptors (Lipinski definition) is 5. The summed E-state index contributed by atoms with van der Waals surface area (Å²) in [5.41, 5.74) is 1.01. The first-order valence-electron chi connectivity index (χ1n) is 10.7. The van der Waals surface area contributed by atoms with Crippen LogP contribution in [0.15, 0.2) is 47.3 Å². The molecule has 0 aliphatic rings. The van der Waals surface area contributed by atoms with Crippen molar-refractivity contribution in [3.8, 4) is 0 Å². The van der Waals surface area contributed by atoms with Gasteiger partial charge in [-0.05, 0) is 37.6 Å². The molecule has 0 bridgehead atoms. The molecule has 0 radical (unpaired) electrons. The van der Waals surface area contributed by atoms with E-state index in [-0.39, 0.29) is 29.8 Å². The normalized spacial score (nSPS) is 11.9. The number of esters is 1. The van der Waals surface area contributed by atoms with Crippen LogP contribution in [0.1, 0.15) is 38.8 Å². The number of carbonyl (C=O) groups is 2. The predicted octanol–water partition coefficient (Wildman–Crippen LogP) is 3.98. The molecule has 1 unspecified atom stereocenters. The Bertz CT molecular complexity index is 1230. The van der Waals surface area contributed by atoms with Crippen molar-refractivity contribution in [3.05, 3.63) is 70.1 Å². The first-order chi connectivity index (χ1) is 15.8. The number of amides is 1. The molecule has 0 saturated carbocycles. The van der Waals surface area contributed by atoms with Crippen molar-refractivity contribution in [2.45, 2.75) is 52.2 Å². The van der Waals surface area contributed by atoms with Gasteiger partial charge >= 0.3 is 5.97 Å². The minimum absolute atomic E-state index is 0.0431. The fourth-order valence-corrected chi connectivity index (χ4v) is 3.30. The molecule has 1 atom stereocenters. The summed E-state index contributed by atoms with van der Waals surface area (Å²) < 4.78 is 33.7. The Labute approximate surface area is 189 Å². The summed E-state index contributed by atoms with van der Waals surface area (Å²) >= 11 is 0. The lowest BCUT2D eigenvalue weighted by Gasteiger charge is -2.14. The van der Waals surface area contributed by atoms with Crippen LogP contribution >= 0.6 is 0 Å². The molecule has 0 spiro atoms. The van der Waals surface area contributed by atoms with E-state index in [1.807, 2.05) is 25.1 Å². The number of fused-ring (bicyclic) bond motifs is 1. The Hall–Kier alpha value is -3.62. The quantitative estimate of drug-likeness (QED) is 0.491. The van der Waals surface area contributed by atoms with Crippen LogP contribution in [0.25, 0.3) is 11.0 Å². The van der Waals surface area contributed by atoms with Gasteiger partial charge in [0, 0.05) is 19.0 Å². The van der Waals surface area contributed by atoms with Gasteiger partial charge < -0.3 is 14.6 Å². The Morgan fingerprint density at radius 2 is 1.94 bits per heavy atom. The highest BCUT2D eigenvalue weighted by Gasteiger charge is 2.20. The van der Waals surface area contributed by atoms with Crippen molar-refractivity contribution in [2.75, 3.05) is 5.32 Å². The number of aryl methyl sites for hydroxylation is 2. The van der Waals surface area contributed by atoms with E-state index in [1.165, 1.54) is 6.92 Å². The van der Waals surface area contributed by atoms with Crippen LogP contribution in [-0.2, 0) is 27.3 Å². The molecule has 3 aromatic rings. The van der Waals surface area contributed by atoms with E-state index in [0.717, 1.165) is 36.6 Å². The SMILES string of the molecule is CCCCn1c(=O)c(CCC(=O)OC(C)C(=O)Nc2cc(F)ccc2F)nc2ccccc21. The van der Waals surface area contributed by atoms with Crippen molar-refractivity contribution in [3.63, 3.8) is 0 Å². The third-order valence-electron chi connectivity index (χ3n) is 5.08. The summed E-state index contributed by atoms with van der Waals surface area (Å²) in [5.74, 6) is -3.06. The lowest BCUT2D eigenvalue weighted by atomic mass is 10.2. The highest BCUT2D eigenvalue weighted by atomic mass is 19.1. The van der Waals surface area contributed by atoms with Crippen molar-refractivity contribution in [1.82, 2.24) is 9.55 Å². The molecule has 0 fully saturated rings. The standard InChI is InChI=1S/C24H25F2N3O4/c1-3-4-13-29-21-8-6-5-7-18(21)27-19(24(29)32)11-12-22(30)33-15(2)23(31)28-20-14-16(25)9-10-17(20)26/h5-10,14-15H,3-4,11-13H2,1-2H3,(H,28,31). The van der Waals surface area contributed by atoms with Gasteiger partial charge in [-0.15, -0.1) is 0 Å². The second kappa shape index (κ2) is 10.8. The largest absolute Gasteiger partial charge is 0.453 e. The van der Waals surface area contributed by atoms with E-state index in [2.05, 4.69) is 10.3 Å². The van der Waals surface area contributed by atoms with Gasteiger partial charge in [-0.3, -0.25) is 14.4 Å². The second-order valence-corrected chi connectivity index (χ2v) is 7.60. The molecule has 2 aromatic carbocycles. The number of unbranched alkanes of at least 4 members (excludes halogenated alkanes) is 1. The smallest absolute Gasteiger partial charge is 0.306 e. The fraction of sp³-hybridized carbons (Fsp3) is 0.333. The van der Waals surface area contributed by atoms with E-state index >= 15 is 0 Å². The van der Waals surface area contributed by atoms with Gasteiger partial charge in [-0.25, -0.2) is 13.8 Å². The van der Waals surface area contributed by atoms with Gasteiger partial charge in [-0.2, -0.15) is 0 Å². The molecule has 1 amide bonds. The number of halogens is 2. The molecule has 33 heavy (non-hydrogen) atoms. The molecule has 1 aromatic heterocycles. The number of rotatable bonds is 9. The molecule has 1 heterocycles. The Balaban J connectivity index is 1.65. The zero-order chi connectivity index (χ0) is 24.0. The third-order valence-corrected chi connectivity index (χ3v) is 5.08. The van der Waals surface area contributed by atoms with Gasteiger partial charge in [-0.1, -0.05) is 25.5 Å². The molecule has 7 nitrogen and oxygen atoms in total. The molecular formula is C24H25F2N3O4. The number of nitrogens with zero attached hydrogens (tertiary/aromatic N) is 2. The van der Waals surface area contributed by atoms with Crippen molar-refractivity contribution >= 4 is 28.6 Å². The maximum Gasteiger partial charge on any atom is 0.306 e. The molecule has 1 N–H and O–H groups in total. The summed E-state index contributed by atoms with van der Waals surface area (Å²) in [5, 5.41) is 2.19. The van der Waals surface area contributed by atoms with Crippen LogP contribution in [0, 0.1) is 11.6 Å². The minimum atomic E-state index is -1.24. The van der Waals surface area contributed by atoms with Crippen LogP contribution in [0.4, 0.5) is 14.5 Å². The highest BCUT2D eigenvalue weighted by Crippen LogP contribution is 2.16. The number of carbonyl (C=O) groups excluding carboxylic acids is 2. The first-order valence-corrected chi connectivity index (χ1v) is 10.7. The van der Waals surface area contributed by atoms with E-state index in [0.29, 0.717) is 12.1 Å². The zero-order valence-corrected chi connectivity index (χ0v) is 18.4. The topological polar surface area (TPSA) is 90.3 Å².